The van der Waals surface area contributed by atoms with Gasteiger partial charge in [0.15, 0.2) is 0 Å². The van der Waals surface area contributed by atoms with Gasteiger partial charge in [0.05, 0.1) is 25.0 Å². The van der Waals surface area contributed by atoms with E-state index in [-0.39, 0.29) is 5.91 Å². The minimum absolute atomic E-state index is 0.0319. The monoisotopic (exact) mass is 484 g/mol. The minimum atomic E-state index is -0.0319. The molecule has 0 spiro atoms. The van der Waals surface area contributed by atoms with Crippen molar-refractivity contribution in [1.82, 2.24) is 14.7 Å². The largest absolute Gasteiger partial charge is 0.495 e. The second-order valence-corrected chi connectivity index (χ2v) is 8.69. The summed E-state index contributed by atoms with van der Waals surface area (Å²) in [5, 5.41) is 5.73. The van der Waals surface area contributed by atoms with Crippen molar-refractivity contribution in [2.45, 2.75) is 13.5 Å². The molecule has 0 atom stereocenters. The fourth-order valence-electron chi connectivity index (χ4n) is 3.94. The number of rotatable bonds is 6. The summed E-state index contributed by atoms with van der Waals surface area (Å²) in [6, 6.07) is 15.5. The molecule has 33 heavy (non-hydrogen) atoms. The summed E-state index contributed by atoms with van der Waals surface area (Å²) < 4.78 is 7.20. The smallest absolute Gasteiger partial charge is 0.246 e. The molecule has 2 aromatic carbocycles. The molecule has 2 heterocycles. The Morgan fingerprint density at radius 1 is 1.06 bits per heavy atom. The van der Waals surface area contributed by atoms with Crippen molar-refractivity contribution in [1.29, 1.82) is 0 Å². The molecule has 1 aromatic heterocycles. The fraction of sp³-hybridized carbons (Fsp3) is 0.280. The predicted molar refractivity (Wildman–Crippen MR) is 133 cm³/mol. The van der Waals surface area contributed by atoms with E-state index < -0.39 is 0 Å². The Morgan fingerprint density at radius 2 is 1.76 bits per heavy atom. The van der Waals surface area contributed by atoms with Crippen LogP contribution in [0.15, 0.2) is 54.6 Å². The third kappa shape index (κ3) is 5.34. The molecule has 1 saturated heterocycles. The summed E-state index contributed by atoms with van der Waals surface area (Å²) in [5.74, 6) is 0.813. The molecule has 1 aliphatic heterocycles. The first-order valence-electron chi connectivity index (χ1n) is 10.8. The van der Waals surface area contributed by atoms with Gasteiger partial charge in [-0.2, -0.15) is 5.10 Å². The number of aromatic nitrogens is 2. The van der Waals surface area contributed by atoms with Gasteiger partial charge >= 0.3 is 0 Å². The van der Waals surface area contributed by atoms with Gasteiger partial charge in [0.25, 0.3) is 0 Å². The lowest BCUT2D eigenvalue weighted by molar-refractivity contribution is -0.126. The number of carbonyl (C=O) groups excluding carboxylic acids is 1. The molecule has 1 aliphatic rings. The molecular formula is C25H26Cl2N4O2. The number of anilines is 1. The van der Waals surface area contributed by atoms with Crippen molar-refractivity contribution in [2.24, 2.45) is 0 Å². The molecule has 0 N–H and O–H groups in total. The summed E-state index contributed by atoms with van der Waals surface area (Å²) >= 11 is 12.5. The zero-order chi connectivity index (χ0) is 23.4. The van der Waals surface area contributed by atoms with Crippen LogP contribution in [-0.2, 0) is 11.3 Å². The molecule has 1 fully saturated rings. The van der Waals surface area contributed by atoms with Crippen LogP contribution in [-0.4, -0.2) is 53.9 Å². The van der Waals surface area contributed by atoms with Crippen molar-refractivity contribution in [3.05, 3.63) is 81.6 Å². The molecule has 0 aliphatic carbocycles. The van der Waals surface area contributed by atoms with Gasteiger partial charge in [-0.3, -0.25) is 4.79 Å². The lowest BCUT2D eigenvalue weighted by atomic mass is 10.2. The highest BCUT2D eigenvalue weighted by atomic mass is 35.5. The van der Waals surface area contributed by atoms with Crippen LogP contribution in [0.2, 0.25) is 10.2 Å². The molecule has 172 valence electrons. The third-order valence-corrected chi connectivity index (χ3v) is 6.42. The van der Waals surface area contributed by atoms with E-state index in [1.807, 2.05) is 60.4 Å². The number of amides is 1. The number of carbonyl (C=O) groups is 1. The number of piperazine rings is 1. The van der Waals surface area contributed by atoms with Crippen LogP contribution in [0.3, 0.4) is 0 Å². The molecule has 0 saturated carbocycles. The zero-order valence-electron chi connectivity index (χ0n) is 18.7. The average molecular weight is 485 g/mol. The average Bonchev–Trinajstić information content (AvgIpc) is 3.11. The molecule has 0 unspecified atom stereocenters. The summed E-state index contributed by atoms with van der Waals surface area (Å²) in [6.07, 6.45) is 3.35. The van der Waals surface area contributed by atoms with Crippen LogP contribution >= 0.6 is 23.2 Å². The molecule has 4 rings (SSSR count). The number of para-hydroxylation sites is 2. The second-order valence-electron chi connectivity index (χ2n) is 7.89. The van der Waals surface area contributed by atoms with Gasteiger partial charge in [0.1, 0.15) is 10.9 Å². The maximum absolute atomic E-state index is 12.8. The zero-order valence-corrected chi connectivity index (χ0v) is 20.2. The normalized spacial score (nSPS) is 14.2. The lowest BCUT2D eigenvalue weighted by Crippen LogP contribution is -2.48. The number of methoxy groups -OCH3 is 1. The number of nitrogens with zero attached hydrogens (tertiary/aromatic N) is 4. The molecule has 3 aromatic rings. The lowest BCUT2D eigenvalue weighted by Gasteiger charge is -2.36. The molecule has 6 nitrogen and oxygen atoms in total. The molecule has 8 heteroatoms. The summed E-state index contributed by atoms with van der Waals surface area (Å²) in [4.78, 5) is 16.9. The maximum atomic E-state index is 12.8. The first-order chi connectivity index (χ1) is 16.0. The van der Waals surface area contributed by atoms with Crippen LogP contribution in [0.5, 0.6) is 5.75 Å². The van der Waals surface area contributed by atoms with Gasteiger partial charge in [0, 0.05) is 42.8 Å². The number of halogens is 2. The van der Waals surface area contributed by atoms with Crippen LogP contribution < -0.4 is 9.64 Å². The Labute approximate surface area is 204 Å². The molecular weight excluding hydrogens is 459 g/mol. The number of aryl methyl sites for hydroxylation is 1. The van der Waals surface area contributed by atoms with E-state index in [4.69, 9.17) is 27.9 Å². The van der Waals surface area contributed by atoms with Crippen molar-refractivity contribution >= 4 is 40.9 Å². The number of hydrogen-bond acceptors (Lipinski definition) is 4. The Hall–Kier alpha value is -2.96. The van der Waals surface area contributed by atoms with Crippen LogP contribution in [0, 0.1) is 6.92 Å². The maximum Gasteiger partial charge on any atom is 0.246 e. The predicted octanol–water partition coefficient (Wildman–Crippen LogP) is 4.92. The number of ether oxygens (including phenoxy) is 1. The molecule has 0 radical (unpaired) electrons. The summed E-state index contributed by atoms with van der Waals surface area (Å²) in [6.45, 7) is 5.20. The van der Waals surface area contributed by atoms with E-state index in [0.29, 0.717) is 29.8 Å². The van der Waals surface area contributed by atoms with Gasteiger partial charge in [-0.05, 0) is 42.8 Å². The van der Waals surface area contributed by atoms with Crippen molar-refractivity contribution in [2.75, 3.05) is 38.2 Å². The summed E-state index contributed by atoms with van der Waals surface area (Å²) in [5.41, 5.74) is 3.63. The summed E-state index contributed by atoms with van der Waals surface area (Å²) in [7, 11) is 1.67. The second kappa shape index (κ2) is 10.3. The van der Waals surface area contributed by atoms with E-state index in [9.17, 15) is 4.79 Å². The highest BCUT2D eigenvalue weighted by Crippen LogP contribution is 2.28. The third-order valence-electron chi connectivity index (χ3n) is 5.76. The SMILES string of the molecule is COc1ccccc1N1CCN(C(=O)/C=C/c2c(C)nn(Cc3ccc(Cl)cc3)c2Cl)CC1. The Balaban J connectivity index is 1.39. The Morgan fingerprint density at radius 3 is 2.45 bits per heavy atom. The van der Waals surface area contributed by atoms with Crippen molar-refractivity contribution in [3.8, 4) is 5.75 Å². The minimum Gasteiger partial charge on any atom is -0.495 e. The number of hydrogen-bond donors (Lipinski definition) is 0. The van der Waals surface area contributed by atoms with Gasteiger partial charge < -0.3 is 14.5 Å². The highest BCUT2D eigenvalue weighted by Gasteiger charge is 2.22. The van der Waals surface area contributed by atoms with Crippen LogP contribution in [0.1, 0.15) is 16.8 Å². The van der Waals surface area contributed by atoms with Crippen LogP contribution in [0.4, 0.5) is 5.69 Å². The standard InChI is InChI=1S/C25H26Cl2N4O2/c1-18-21(25(27)31(28-18)17-19-7-9-20(26)10-8-19)11-12-24(32)30-15-13-29(14-16-30)22-5-3-4-6-23(22)33-2/h3-12H,13-17H2,1-2H3/b12-11+. The Kier molecular flexibility index (Phi) is 7.26. The van der Waals surface area contributed by atoms with Crippen molar-refractivity contribution < 1.29 is 9.53 Å². The van der Waals surface area contributed by atoms with E-state index in [1.165, 1.54) is 0 Å². The van der Waals surface area contributed by atoms with Gasteiger partial charge in [-0.1, -0.05) is 47.5 Å². The van der Waals surface area contributed by atoms with E-state index in [1.54, 1.807) is 23.9 Å². The van der Waals surface area contributed by atoms with Gasteiger partial charge in [0.2, 0.25) is 5.91 Å². The van der Waals surface area contributed by atoms with E-state index in [2.05, 4.69) is 10.00 Å². The number of benzene rings is 2. The van der Waals surface area contributed by atoms with Gasteiger partial charge in [-0.15, -0.1) is 0 Å². The Bertz CT molecular complexity index is 1150. The van der Waals surface area contributed by atoms with Crippen molar-refractivity contribution in [3.63, 3.8) is 0 Å². The molecule has 0 bridgehead atoms. The first-order valence-corrected chi connectivity index (χ1v) is 11.5. The quantitative estimate of drug-likeness (QED) is 0.466. The topological polar surface area (TPSA) is 50.6 Å². The van der Waals surface area contributed by atoms with E-state index in [0.717, 1.165) is 41.3 Å². The first kappa shape index (κ1) is 23.2. The van der Waals surface area contributed by atoms with E-state index >= 15 is 0 Å². The van der Waals surface area contributed by atoms with Crippen LogP contribution in [0.25, 0.3) is 6.08 Å². The van der Waals surface area contributed by atoms with Gasteiger partial charge in [-0.25, -0.2) is 4.68 Å². The highest BCUT2D eigenvalue weighted by molar-refractivity contribution is 6.31. The fourth-order valence-corrected chi connectivity index (χ4v) is 4.37. The molecule has 1 amide bonds.